The smallest absolute Gasteiger partial charge is 0.343 e. The Morgan fingerprint density at radius 3 is 2.81 bits per heavy atom. The van der Waals surface area contributed by atoms with Gasteiger partial charge in [0.2, 0.25) is 0 Å². The lowest BCUT2D eigenvalue weighted by atomic mass is 10.1. The first-order valence-corrected chi connectivity index (χ1v) is 6.54. The van der Waals surface area contributed by atoms with Crippen molar-refractivity contribution in [3.63, 3.8) is 0 Å². The van der Waals surface area contributed by atoms with E-state index in [-0.39, 0.29) is 17.7 Å². The normalized spacial score (nSPS) is 10.7. The first-order chi connectivity index (χ1) is 10.2. The topological polar surface area (TPSA) is 76.5 Å². The van der Waals surface area contributed by atoms with Crippen LogP contribution in [-0.2, 0) is 4.74 Å². The molecule has 0 saturated carbocycles. The molecule has 3 rings (SSSR count). The van der Waals surface area contributed by atoms with Gasteiger partial charge in [-0.1, -0.05) is 30.3 Å². The van der Waals surface area contributed by atoms with Gasteiger partial charge in [0.25, 0.3) is 5.56 Å². The fourth-order valence-electron chi connectivity index (χ4n) is 2.12. The molecule has 6 nitrogen and oxygen atoms in total. The van der Waals surface area contributed by atoms with Gasteiger partial charge in [-0.2, -0.15) is 9.61 Å². The van der Waals surface area contributed by atoms with Crippen LogP contribution in [0, 0.1) is 0 Å². The number of hydrogen-bond acceptors (Lipinski definition) is 4. The third kappa shape index (κ3) is 2.31. The Kier molecular flexibility index (Phi) is 3.27. The SMILES string of the molecule is CCOC(=O)c1cnn2c(=O)cc(-c3ccccc3)[nH]c12. The number of rotatable bonds is 3. The predicted molar refractivity (Wildman–Crippen MR) is 77.2 cm³/mol. The van der Waals surface area contributed by atoms with Gasteiger partial charge in [0.05, 0.1) is 18.5 Å². The molecule has 0 spiro atoms. The van der Waals surface area contributed by atoms with Crippen LogP contribution < -0.4 is 5.56 Å². The lowest BCUT2D eigenvalue weighted by Crippen LogP contribution is -2.15. The van der Waals surface area contributed by atoms with Gasteiger partial charge in [-0.05, 0) is 12.5 Å². The van der Waals surface area contributed by atoms with E-state index >= 15 is 0 Å². The zero-order valence-electron chi connectivity index (χ0n) is 11.4. The highest BCUT2D eigenvalue weighted by Gasteiger charge is 2.16. The Hall–Kier alpha value is -2.89. The van der Waals surface area contributed by atoms with Crippen molar-refractivity contribution in [2.75, 3.05) is 6.61 Å². The maximum Gasteiger partial charge on any atom is 0.343 e. The van der Waals surface area contributed by atoms with Gasteiger partial charge < -0.3 is 9.72 Å². The Bertz CT molecular complexity index is 849. The molecular formula is C15H13N3O3. The molecule has 0 fully saturated rings. The highest BCUT2D eigenvalue weighted by Crippen LogP contribution is 2.17. The molecule has 21 heavy (non-hydrogen) atoms. The Labute approximate surface area is 120 Å². The second-order valence-corrected chi connectivity index (χ2v) is 4.43. The summed E-state index contributed by atoms with van der Waals surface area (Å²) >= 11 is 0. The minimum absolute atomic E-state index is 0.242. The molecule has 0 bridgehead atoms. The molecule has 0 unspecified atom stereocenters. The standard InChI is InChI=1S/C15H13N3O3/c1-2-21-15(20)11-9-16-18-13(19)8-12(17-14(11)18)10-6-4-3-5-7-10/h3-9,17H,2H2,1H3. The monoisotopic (exact) mass is 283 g/mol. The third-order valence-electron chi connectivity index (χ3n) is 3.08. The van der Waals surface area contributed by atoms with E-state index < -0.39 is 5.97 Å². The van der Waals surface area contributed by atoms with Crippen LogP contribution in [0.2, 0.25) is 0 Å². The average Bonchev–Trinajstić information content (AvgIpc) is 2.93. The third-order valence-corrected chi connectivity index (χ3v) is 3.08. The van der Waals surface area contributed by atoms with Gasteiger partial charge >= 0.3 is 5.97 Å². The molecule has 0 atom stereocenters. The van der Waals surface area contributed by atoms with Crippen molar-refractivity contribution in [2.24, 2.45) is 0 Å². The number of esters is 1. The number of H-pyrrole nitrogens is 1. The molecular weight excluding hydrogens is 270 g/mol. The lowest BCUT2D eigenvalue weighted by Gasteiger charge is -2.04. The molecule has 6 heteroatoms. The Balaban J connectivity index is 2.20. The summed E-state index contributed by atoms with van der Waals surface area (Å²) in [5, 5.41) is 3.93. The van der Waals surface area contributed by atoms with E-state index in [4.69, 9.17) is 4.74 Å². The number of ether oxygens (including phenoxy) is 1. The maximum absolute atomic E-state index is 12.1. The molecule has 0 aliphatic carbocycles. The van der Waals surface area contributed by atoms with Gasteiger partial charge in [-0.3, -0.25) is 4.79 Å². The fourth-order valence-corrected chi connectivity index (χ4v) is 2.12. The van der Waals surface area contributed by atoms with Crippen molar-refractivity contribution >= 4 is 11.6 Å². The van der Waals surface area contributed by atoms with Gasteiger partial charge in [-0.25, -0.2) is 4.79 Å². The molecule has 0 aliphatic heterocycles. The molecule has 106 valence electrons. The van der Waals surface area contributed by atoms with Gasteiger partial charge in [0.1, 0.15) is 5.56 Å². The summed E-state index contributed by atoms with van der Waals surface area (Å²) in [6.07, 6.45) is 1.33. The zero-order chi connectivity index (χ0) is 14.8. The van der Waals surface area contributed by atoms with Crippen LogP contribution in [0.3, 0.4) is 0 Å². The first kappa shape index (κ1) is 13.1. The molecule has 0 amide bonds. The van der Waals surface area contributed by atoms with E-state index in [1.165, 1.54) is 12.3 Å². The second-order valence-electron chi connectivity index (χ2n) is 4.43. The quantitative estimate of drug-likeness (QED) is 0.744. The van der Waals surface area contributed by atoms with Crippen LogP contribution in [0.25, 0.3) is 16.9 Å². The fraction of sp³-hybridized carbons (Fsp3) is 0.133. The number of aromatic amines is 1. The van der Waals surface area contributed by atoms with Crippen LogP contribution in [0.5, 0.6) is 0 Å². The highest BCUT2D eigenvalue weighted by atomic mass is 16.5. The minimum atomic E-state index is -0.506. The van der Waals surface area contributed by atoms with Crippen LogP contribution >= 0.6 is 0 Å². The summed E-state index contributed by atoms with van der Waals surface area (Å²) in [7, 11) is 0. The Morgan fingerprint density at radius 1 is 1.33 bits per heavy atom. The number of carbonyl (C=O) groups excluding carboxylic acids is 1. The van der Waals surface area contributed by atoms with Crippen molar-refractivity contribution in [1.82, 2.24) is 14.6 Å². The van der Waals surface area contributed by atoms with Gasteiger partial charge in [0.15, 0.2) is 5.65 Å². The van der Waals surface area contributed by atoms with Crippen molar-refractivity contribution in [3.05, 3.63) is 58.5 Å². The number of nitrogens with zero attached hydrogens (tertiary/aromatic N) is 2. The number of benzene rings is 1. The number of carbonyl (C=O) groups is 1. The van der Waals surface area contributed by atoms with E-state index in [0.29, 0.717) is 11.3 Å². The average molecular weight is 283 g/mol. The summed E-state index contributed by atoms with van der Waals surface area (Å²) in [4.78, 5) is 27.0. The molecule has 1 aromatic carbocycles. The lowest BCUT2D eigenvalue weighted by molar-refractivity contribution is 0.0528. The molecule has 2 aromatic heterocycles. The molecule has 0 saturated heterocycles. The first-order valence-electron chi connectivity index (χ1n) is 6.54. The molecule has 1 N–H and O–H groups in total. The largest absolute Gasteiger partial charge is 0.462 e. The number of fused-ring (bicyclic) bond motifs is 1. The number of hydrogen-bond donors (Lipinski definition) is 1. The molecule has 0 radical (unpaired) electrons. The number of nitrogens with one attached hydrogen (secondary N) is 1. The molecule has 0 aliphatic rings. The summed E-state index contributed by atoms with van der Waals surface area (Å²) in [6, 6.07) is 10.8. The van der Waals surface area contributed by atoms with Crippen LogP contribution in [0.4, 0.5) is 0 Å². The van der Waals surface area contributed by atoms with Gasteiger partial charge in [-0.15, -0.1) is 0 Å². The van der Waals surface area contributed by atoms with Crippen molar-refractivity contribution in [3.8, 4) is 11.3 Å². The van der Waals surface area contributed by atoms with E-state index in [9.17, 15) is 9.59 Å². The Morgan fingerprint density at radius 2 is 2.10 bits per heavy atom. The van der Waals surface area contributed by atoms with Crippen LogP contribution in [0.1, 0.15) is 17.3 Å². The van der Waals surface area contributed by atoms with E-state index in [2.05, 4.69) is 10.1 Å². The highest BCUT2D eigenvalue weighted by molar-refractivity contribution is 5.95. The van der Waals surface area contributed by atoms with Crippen molar-refractivity contribution in [1.29, 1.82) is 0 Å². The van der Waals surface area contributed by atoms with Crippen molar-refractivity contribution in [2.45, 2.75) is 6.92 Å². The maximum atomic E-state index is 12.1. The minimum Gasteiger partial charge on any atom is -0.462 e. The van der Waals surface area contributed by atoms with Crippen molar-refractivity contribution < 1.29 is 9.53 Å². The summed E-state index contributed by atoms with van der Waals surface area (Å²) in [5.41, 5.74) is 1.75. The summed E-state index contributed by atoms with van der Waals surface area (Å²) < 4.78 is 6.12. The van der Waals surface area contributed by atoms with Crippen LogP contribution in [-0.4, -0.2) is 27.2 Å². The summed E-state index contributed by atoms with van der Waals surface area (Å²) in [6.45, 7) is 1.99. The van der Waals surface area contributed by atoms with E-state index in [1.807, 2.05) is 30.3 Å². The second kappa shape index (κ2) is 5.24. The van der Waals surface area contributed by atoms with E-state index in [0.717, 1.165) is 10.1 Å². The van der Waals surface area contributed by atoms with E-state index in [1.54, 1.807) is 6.92 Å². The summed E-state index contributed by atoms with van der Waals surface area (Å²) in [5.74, 6) is -0.506. The van der Waals surface area contributed by atoms with Crippen LogP contribution in [0.15, 0.2) is 47.4 Å². The number of aromatic nitrogens is 3. The predicted octanol–water partition coefficient (Wildman–Crippen LogP) is 1.87. The zero-order valence-corrected chi connectivity index (χ0v) is 11.4. The molecule has 2 heterocycles. The molecule has 3 aromatic rings. The van der Waals surface area contributed by atoms with Gasteiger partial charge in [0, 0.05) is 6.07 Å².